The van der Waals surface area contributed by atoms with Crippen LogP contribution in [0.5, 0.6) is 0 Å². The Bertz CT molecular complexity index is 115. The lowest BCUT2D eigenvalue weighted by Gasteiger charge is -1.95. The van der Waals surface area contributed by atoms with Gasteiger partial charge < -0.3 is 8.85 Å². The summed E-state index contributed by atoms with van der Waals surface area (Å²) in [6.45, 7) is 0.660. The van der Waals surface area contributed by atoms with Crippen molar-refractivity contribution in [1.29, 1.82) is 0 Å². The topological polar surface area (TPSA) is 18.5 Å². The molecule has 0 amide bonds. The van der Waals surface area contributed by atoms with Gasteiger partial charge in [0.25, 0.3) is 0 Å². The molecule has 0 rings (SSSR count). The Hall–Kier alpha value is -0.743. The van der Waals surface area contributed by atoms with Crippen LogP contribution < -0.4 is 0 Å². The van der Waals surface area contributed by atoms with Gasteiger partial charge in [0.15, 0.2) is 0 Å². The molecule has 2 nitrogen and oxygen atoms in total. The summed E-state index contributed by atoms with van der Waals surface area (Å²) in [5.74, 6) is 4.65. The van der Waals surface area contributed by atoms with Gasteiger partial charge in [-0.15, -0.1) is 12.8 Å². The first-order valence-corrected chi connectivity index (χ1v) is 3.59. The quantitative estimate of drug-likeness (QED) is 0.292. The zero-order chi connectivity index (χ0) is 6.95. The van der Waals surface area contributed by atoms with Crippen molar-refractivity contribution in [2.24, 2.45) is 0 Å². The van der Waals surface area contributed by atoms with Crippen molar-refractivity contribution in [3.63, 3.8) is 0 Å². The van der Waals surface area contributed by atoms with Gasteiger partial charge in [-0.2, -0.15) is 0 Å². The highest BCUT2D eigenvalue weighted by atomic mass is 28.3. The number of hydrogen-bond donors (Lipinski definition) is 0. The van der Waals surface area contributed by atoms with Crippen LogP contribution >= 0.6 is 0 Å². The standard InChI is InChI=1S/C6H8O2Si/c1-3-5-7-9-8-6-4-2/h1-2H,5-6,9H2. The number of terminal acetylenes is 2. The van der Waals surface area contributed by atoms with Gasteiger partial charge in [-0.3, -0.25) is 0 Å². The van der Waals surface area contributed by atoms with Gasteiger partial charge in [-0.1, -0.05) is 11.8 Å². The zero-order valence-electron chi connectivity index (χ0n) is 5.09. The Morgan fingerprint density at radius 2 is 1.56 bits per heavy atom. The summed E-state index contributed by atoms with van der Waals surface area (Å²) < 4.78 is 9.74. The third kappa shape index (κ3) is 7.26. The molecule has 48 valence electrons. The van der Waals surface area contributed by atoms with E-state index in [1.54, 1.807) is 0 Å². The zero-order valence-corrected chi connectivity index (χ0v) is 6.51. The molecular weight excluding hydrogens is 132 g/mol. The van der Waals surface area contributed by atoms with Crippen molar-refractivity contribution in [3.05, 3.63) is 0 Å². The molecule has 0 bridgehead atoms. The summed E-state index contributed by atoms with van der Waals surface area (Å²) in [6, 6.07) is 0. The predicted molar refractivity (Wildman–Crippen MR) is 38.1 cm³/mol. The van der Waals surface area contributed by atoms with Crippen LogP contribution in [-0.4, -0.2) is 23.2 Å². The normalized spacial score (nSPS) is 7.78. The molecule has 0 aromatic heterocycles. The molecule has 0 aliphatic rings. The summed E-state index contributed by atoms with van der Waals surface area (Å²) in [4.78, 5) is 0. The fourth-order valence-electron chi connectivity index (χ4n) is 0.260. The summed E-state index contributed by atoms with van der Waals surface area (Å²) in [6.07, 6.45) is 9.79. The molecule has 0 atom stereocenters. The van der Waals surface area contributed by atoms with Crippen LogP contribution in [0.3, 0.4) is 0 Å². The van der Waals surface area contributed by atoms with Crippen LogP contribution in [-0.2, 0) is 8.85 Å². The molecule has 0 aliphatic heterocycles. The van der Waals surface area contributed by atoms with Gasteiger partial charge in [-0.25, -0.2) is 0 Å². The Morgan fingerprint density at radius 3 is 1.89 bits per heavy atom. The van der Waals surface area contributed by atoms with E-state index in [2.05, 4.69) is 11.8 Å². The summed E-state index contributed by atoms with van der Waals surface area (Å²) >= 11 is 0. The third-order valence-electron chi connectivity index (χ3n) is 0.537. The molecule has 0 radical (unpaired) electrons. The van der Waals surface area contributed by atoms with E-state index in [0.717, 1.165) is 0 Å². The fraction of sp³-hybridized carbons (Fsp3) is 0.333. The summed E-state index contributed by atoms with van der Waals surface area (Å²) in [7, 11) is -0.896. The van der Waals surface area contributed by atoms with E-state index in [9.17, 15) is 0 Å². The number of rotatable bonds is 4. The van der Waals surface area contributed by atoms with Gasteiger partial charge in [0, 0.05) is 0 Å². The largest absolute Gasteiger partial charge is 0.387 e. The van der Waals surface area contributed by atoms with Crippen molar-refractivity contribution in [2.75, 3.05) is 13.2 Å². The first-order chi connectivity index (χ1) is 4.41. The van der Waals surface area contributed by atoms with E-state index in [0.29, 0.717) is 13.2 Å². The minimum Gasteiger partial charge on any atom is -0.387 e. The maximum absolute atomic E-state index is 4.89. The molecule has 9 heavy (non-hydrogen) atoms. The molecule has 0 N–H and O–H groups in total. The smallest absolute Gasteiger partial charge is 0.306 e. The van der Waals surface area contributed by atoms with Crippen molar-refractivity contribution >= 4 is 10.0 Å². The minimum atomic E-state index is -0.896. The van der Waals surface area contributed by atoms with Crippen LogP contribution in [0.1, 0.15) is 0 Å². The number of hydrogen-bond acceptors (Lipinski definition) is 2. The average molecular weight is 140 g/mol. The molecule has 0 aromatic carbocycles. The second-order valence-electron chi connectivity index (χ2n) is 1.22. The lowest BCUT2D eigenvalue weighted by atomic mass is 10.8. The van der Waals surface area contributed by atoms with E-state index in [-0.39, 0.29) is 0 Å². The van der Waals surface area contributed by atoms with Gasteiger partial charge in [0.2, 0.25) is 0 Å². The van der Waals surface area contributed by atoms with Crippen LogP contribution in [0.2, 0.25) is 0 Å². The maximum Gasteiger partial charge on any atom is 0.306 e. The van der Waals surface area contributed by atoms with Crippen molar-refractivity contribution in [3.8, 4) is 24.7 Å². The van der Waals surface area contributed by atoms with Crippen molar-refractivity contribution in [2.45, 2.75) is 0 Å². The molecule has 0 heterocycles. The van der Waals surface area contributed by atoms with Gasteiger partial charge in [0.1, 0.15) is 0 Å². The lowest BCUT2D eigenvalue weighted by Crippen LogP contribution is -2.04. The minimum absolute atomic E-state index is 0.330. The molecule has 0 fully saturated rings. The molecule has 0 saturated heterocycles. The maximum atomic E-state index is 4.89. The Kier molecular flexibility index (Phi) is 6.66. The molecule has 0 saturated carbocycles. The second kappa shape index (κ2) is 7.26. The van der Waals surface area contributed by atoms with Crippen molar-refractivity contribution in [1.82, 2.24) is 0 Å². The molecule has 0 aromatic rings. The van der Waals surface area contributed by atoms with Crippen molar-refractivity contribution < 1.29 is 8.85 Å². The highest BCUT2D eigenvalue weighted by Crippen LogP contribution is 1.70. The Labute approximate surface area is 57.6 Å². The van der Waals surface area contributed by atoms with E-state index in [4.69, 9.17) is 21.7 Å². The van der Waals surface area contributed by atoms with Gasteiger partial charge >= 0.3 is 10.0 Å². The fourth-order valence-corrected chi connectivity index (χ4v) is 0.780. The molecule has 0 spiro atoms. The highest BCUT2D eigenvalue weighted by Gasteiger charge is 1.82. The van der Waals surface area contributed by atoms with Crippen LogP contribution in [0, 0.1) is 24.7 Å². The van der Waals surface area contributed by atoms with Gasteiger partial charge in [-0.05, 0) is 0 Å². The molecular formula is C6H8O2Si. The third-order valence-corrected chi connectivity index (χ3v) is 1.28. The molecule has 3 heteroatoms. The Morgan fingerprint density at radius 1 is 1.11 bits per heavy atom. The van der Waals surface area contributed by atoms with E-state index >= 15 is 0 Å². The highest BCUT2D eigenvalue weighted by molar-refractivity contribution is 6.18. The first-order valence-electron chi connectivity index (χ1n) is 2.44. The first kappa shape index (κ1) is 8.26. The van der Waals surface area contributed by atoms with E-state index in [1.807, 2.05) is 0 Å². The molecule has 0 unspecified atom stereocenters. The SMILES string of the molecule is C#CCO[SiH2]OCC#C. The van der Waals surface area contributed by atoms with E-state index in [1.165, 1.54) is 0 Å². The lowest BCUT2D eigenvalue weighted by molar-refractivity contribution is 0.267. The summed E-state index contributed by atoms with van der Waals surface area (Å²) in [5.41, 5.74) is 0. The van der Waals surface area contributed by atoms with Crippen LogP contribution in [0.4, 0.5) is 0 Å². The van der Waals surface area contributed by atoms with Crippen LogP contribution in [0.15, 0.2) is 0 Å². The van der Waals surface area contributed by atoms with Gasteiger partial charge in [0.05, 0.1) is 13.2 Å². The predicted octanol–water partition coefficient (Wildman–Crippen LogP) is -0.715. The average Bonchev–Trinajstić information content (AvgIpc) is 1.89. The Balaban J connectivity index is 2.79. The van der Waals surface area contributed by atoms with Crippen LogP contribution in [0.25, 0.3) is 0 Å². The second-order valence-corrected chi connectivity index (χ2v) is 2.28. The monoisotopic (exact) mass is 140 g/mol. The molecule has 0 aliphatic carbocycles. The summed E-state index contributed by atoms with van der Waals surface area (Å²) in [5, 5.41) is 0. The van der Waals surface area contributed by atoms with E-state index < -0.39 is 10.0 Å².